The number of carbonyl (C=O) groups excluding carboxylic acids is 1. The Hall–Kier alpha value is -2.20. The summed E-state index contributed by atoms with van der Waals surface area (Å²) >= 11 is 1.41. The van der Waals surface area contributed by atoms with Crippen molar-refractivity contribution in [3.8, 4) is 6.07 Å². The van der Waals surface area contributed by atoms with Crippen LogP contribution in [0, 0.1) is 11.3 Å². The van der Waals surface area contributed by atoms with Crippen molar-refractivity contribution in [1.82, 2.24) is 4.90 Å². The van der Waals surface area contributed by atoms with Gasteiger partial charge in [-0.1, -0.05) is 6.07 Å². The number of benzene rings is 1. The van der Waals surface area contributed by atoms with Crippen molar-refractivity contribution in [3.63, 3.8) is 0 Å². The molecule has 0 aromatic heterocycles. The molecule has 1 heterocycles. The summed E-state index contributed by atoms with van der Waals surface area (Å²) in [5.74, 6) is -0.242. The summed E-state index contributed by atoms with van der Waals surface area (Å²) in [7, 11) is 1.57. The summed E-state index contributed by atoms with van der Waals surface area (Å²) in [6.45, 7) is 0. The van der Waals surface area contributed by atoms with Crippen molar-refractivity contribution >= 4 is 29.4 Å². The van der Waals surface area contributed by atoms with Gasteiger partial charge in [-0.2, -0.15) is 5.26 Å². The van der Waals surface area contributed by atoms with Crippen molar-refractivity contribution in [1.29, 1.82) is 5.26 Å². The van der Waals surface area contributed by atoms with Gasteiger partial charge in [0.1, 0.15) is 6.04 Å². The molecule has 1 unspecified atom stereocenters. The maximum absolute atomic E-state index is 12.4. The van der Waals surface area contributed by atoms with Crippen LogP contribution in [0.3, 0.4) is 0 Å². The van der Waals surface area contributed by atoms with Gasteiger partial charge in [-0.05, 0) is 18.2 Å². The molecule has 1 atom stereocenters. The number of carboxylic acid groups (broad SMARTS) is 1. The first-order valence-electron chi connectivity index (χ1n) is 5.89. The minimum Gasteiger partial charge on any atom is -0.480 e. The average molecular weight is 291 g/mol. The minimum atomic E-state index is -0.998. The lowest BCUT2D eigenvalue weighted by molar-refractivity contribution is -0.140. The predicted molar refractivity (Wildman–Crippen MR) is 75.5 cm³/mol. The number of carbonyl (C=O) groups is 2. The predicted octanol–water partition coefficient (Wildman–Crippen LogP) is 1.57. The van der Waals surface area contributed by atoms with Gasteiger partial charge >= 0.3 is 12.0 Å². The van der Waals surface area contributed by atoms with Crippen LogP contribution < -0.4 is 4.90 Å². The van der Waals surface area contributed by atoms with E-state index < -0.39 is 12.0 Å². The van der Waals surface area contributed by atoms with Gasteiger partial charge in [0.2, 0.25) is 0 Å². The molecule has 0 bridgehead atoms. The number of hydrogen-bond donors (Lipinski definition) is 1. The first-order valence-corrected chi connectivity index (χ1v) is 7.05. The fourth-order valence-corrected chi connectivity index (χ4v) is 3.06. The highest BCUT2D eigenvalue weighted by molar-refractivity contribution is 7.99. The van der Waals surface area contributed by atoms with Crippen LogP contribution in [0.4, 0.5) is 10.5 Å². The topological polar surface area (TPSA) is 84.6 Å². The molecule has 1 saturated heterocycles. The summed E-state index contributed by atoms with van der Waals surface area (Å²) in [4.78, 5) is 26.1. The zero-order valence-electron chi connectivity index (χ0n) is 10.8. The number of anilines is 1. The molecule has 0 saturated carbocycles. The third kappa shape index (κ3) is 2.70. The van der Waals surface area contributed by atoms with E-state index >= 15 is 0 Å². The highest BCUT2D eigenvalue weighted by Crippen LogP contribution is 2.24. The number of hydrogen-bond acceptors (Lipinski definition) is 4. The molecule has 0 radical (unpaired) electrons. The molecule has 104 valence electrons. The molecule has 2 amide bonds. The SMILES string of the molecule is CN(C(=O)N1CSCC1C(=O)O)c1cccc(C#N)c1. The Morgan fingerprint density at radius 2 is 2.30 bits per heavy atom. The van der Waals surface area contributed by atoms with E-state index in [2.05, 4.69) is 0 Å². The van der Waals surface area contributed by atoms with Crippen LogP contribution in [0.25, 0.3) is 0 Å². The van der Waals surface area contributed by atoms with Crippen LogP contribution in [0.5, 0.6) is 0 Å². The third-order valence-corrected chi connectivity index (χ3v) is 4.07. The molecule has 0 aliphatic carbocycles. The van der Waals surface area contributed by atoms with Gasteiger partial charge in [0.25, 0.3) is 0 Å². The second-order valence-electron chi connectivity index (χ2n) is 4.33. The molecule has 0 spiro atoms. The number of nitrogens with zero attached hydrogens (tertiary/aromatic N) is 3. The molecule has 1 fully saturated rings. The summed E-state index contributed by atoms with van der Waals surface area (Å²) in [6.07, 6.45) is 0. The molecule has 2 rings (SSSR count). The molecule has 1 aliphatic rings. The monoisotopic (exact) mass is 291 g/mol. The maximum Gasteiger partial charge on any atom is 0.327 e. The molecule has 1 aromatic carbocycles. The molecule has 1 aromatic rings. The number of amides is 2. The Bertz CT molecular complexity index is 584. The highest BCUT2D eigenvalue weighted by Gasteiger charge is 2.36. The number of rotatable bonds is 2. The van der Waals surface area contributed by atoms with Crippen LogP contribution in [-0.4, -0.2) is 46.7 Å². The third-order valence-electron chi connectivity index (χ3n) is 3.06. The van der Waals surface area contributed by atoms with Gasteiger partial charge in [-0.15, -0.1) is 11.8 Å². The largest absolute Gasteiger partial charge is 0.480 e. The quantitative estimate of drug-likeness (QED) is 0.894. The van der Waals surface area contributed by atoms with E-state index in [0.717, 1.165) is 0 Å². The van der Waals surface area contributed by atoms with Gasteiger partial charge in [0.15, 0.2) is 0 Å². The van der Waals surface area contributed by atoms with Crippen molar-refractivity contribution in [2.45, 2.75) is 6.04 Å². The minimum absolute atomic E-state index is 0.359. The number of thioether (sulfide) groups is 1. The van der Waals surface area contributed by atoms with E-state index in [-0.39, 0.29) is 6.03 Å². The lowest BCUT2D eigenvalue weighted by Gasteiger charge is -2.27. The van der Waals surface area contributed by atoms with Crippen molar-refractivity contribution in [3.05, 3.63) is 29.8 Å². The molecule has 6 nitrogen and oxygen atoms in total. The van der Waals surface area contributed by atoms with E-state index in [1.807, 2.05) is 6.07 Å². The summed E-state index contributed by atoms with van der Waals surface area (Å²) in [5, 5.41) is 18.0. The molecule has 1 aliphatic heterocycles. The standard InChI is InChI=1S/C13H13N3O3S/c1-15(10-4-2-3-9(5-10)6-14)13(19)16-8-20-7-11(16)12(17)18/h2-5,11H,7-8H2,1H3,(H,17,18). The van der Waals surface area contributed by atoms with Crippen molar-refractivity contribution in [2.75, 3.05) is 23.6 Å². The molecular weight excluding hydrogens is 278 g/mol. The Balaban J connectivity index is 2.20. The summed E-state index contributed by atoms with van der Waals surface area (Å²) in [6, 6.07) is 7.47. The summed E-state index contributed by atoms with van der Waals surface area (Å²) in [5.41, 5.74) is 1.02. The zero-order chi connectivity index (χ0) is 14.7. The lowest BCUT2D eigenvalue weighted by Crippen LogP contribution is -2.47. The van der Waals surface area contributed by atoms with Crippen molar-refractivity contribution < 1.29 is 14.7 Å². The Morgan fingerprint density at radius 1 is 1.55 bits per heavy atom. The summed E-state index contributed by atoms with van der Waals surface area (Å²) < 4.78 is 0. The van der Waals surface area contributed by atoms with Crippen LogP contribution in [0.15, 0.2) is 24.3 Å². The number of urea groups is 1. The van der Waals surface area contributed by atoms with Crippen LogP contribution in [0.1, 0.15) is 5.56 Å². The number of aliphatic carboxylic acids is 1. The molecule has 1 N–H and O–H groups in total. The van der Waals surface area contributed by atoms with E-state index in [1.165, 1.54) is 21.6 Å². The second-order valence-corrected chi connectivity index (χ2v) is 5.33. The Morgan fingerprint density at radius 3 is 2.95 bits per heavy atom. The van der Waals surface area contributed by atoms with Crippen LogP contribution in [0.2, 0.25) is 0 Å². The average Bonchev–Trinajstić information content (AvgIpc) is 2.95. The lowest BCUT2D eigenvalue weighted by atomic mass is 10.2. The second kappa shape index (κ2) is 5.84. The highest BCUT2D eigenvalue weighted by atomic mass is 32.2. The van der Waals surface area contributed by atoms with Crippen LogP contribution >= 0.6 is 11.8 Å². The van der Waals surface area contributed by atoms with Gasteiger partial charge in [-0.3, -0.25) is 4.90 Å². The fourth-order valence-electron chi connectivity index (χ4n) is 1.92. The number of carboxylic acids is 1. The number of nitriles is 1. The Kier molecular flexibility index (Phi) is 4.15. The first kappa shape index (κ1) is 14.2. The van der Waals surface area contributed by atoms with Gasteiger partial charge < -0.3 is 10.0 Å². The van der Waals surface area contributed by atoms with E-state index in [4.69, 9.17) is 10.4 Å². The molecular formula is C13H13N3O3S. The molecule has 20 heavy (non-hydrogen) atoms. The van der Waals surface area contributed by atoms with Gasteiger partial charge in [0, 0.05) is 18.5 Å². The fraction of sp³-hybridized carbons (Fsp3) is 0.308. The zero-order valence-corrected chi connectivity index (χ0v) is 11.6. The van der Waals surface area contributed by atoms with Crippen LogP contribution in [-0.2, 0) is 4.79 Å². The normalized spacial score (nSPS) is 17.6. The van der Waals surface area contributed by atoms with E-state index in [0.29, 0.717) is 22.9 Å². The van der Waals surface area contributed by atoms with Gasteiger partial charge in [0.05, 0.1) is 17.5 Å². The van der Waals surface area contributed by atoms with E-state index in [9.17, 15) is 9.59 Å². The van der Waals surface area contributed by atoms with Gasteiger partial charge in [-0.25, -0.2) is 9.59 Å². The smallest absolute Gasteiger partial charge is 0.327 e. The maximum atomic E-state index is 12.4. The first-order chi connectivity index (χ1) is 9.54. The molecule has 7 heteroatoms. The Labute approximate surface area is 120 Å². The van der Waals surface area contributed by atoms with Crippen molar-refractivity contribution in [2.24, 2.45) is 0 Å². The van der Waals surface area contributed by atoms with E-state index in [1.54, 1.807) is 31.3 Å².